The van der Waals surface area contributed by atoms with E-state index in [2.05, 4.69) is 5.32 Å². The van der Waals surface area contributed by atoms with Crippen LogP contribution in [-0.4, -0.2) is 23.6 Å². The molecule has 6 nitrogen and oxygen atoms in total. The van der Waals surface area contributed by atoms with Crippen LogP contribution < -0.4 is 15.5 Å². The zero-order valence-corrected chi connectivity index (χ0v) is 14.4. The number of amides is 1. The molecule has 0 aromatic heterocycles. The largest absolute Gasteiger partial charge is 0.545 e. The number of anilines is 1. The molecule has 0 unspecified atom stereocenters. The summed E-state index contributed by atoms with van der Waals surface area (Å²) >= 11 is 7.33. The van der Waals surface area contributed by atoms with Crippen LogP contribution in [0.1, 0.15) is 26.3 Å². The zero-order chi connectivity index (χ0) is 18.4. The highest BCUT2D eigenvalue weighted by molar-refractivity contribution is 7.99. The van der Waals surface area contributed by atoms with E-state index >= 15 is 0 Å². The van der Waals surface area contributed by atoms with E-state index in [0.29, 0.717) is 10.8 Å². The van der Waals surface area contributed by atoms with Crippen LogP contribution in [-0.2, 0) is 10.5 Å². The Labute approximate surface area is 152 Å². The van der Waals surface area contributed by atoms with E-state index in [0.717, 1.165) is 17.7 Å². The van der Waals surface area contributed by atoms with Gasteiger partial charge in [-0.25, -0.2) is 0 Å². The lowest BCUT2D eigenvalue weighted by atomic mass is 10.1. The molecule has 0 heterocycles. The highest BCUT2D eigenvalue weighted by Gasteiger charge is 2.10. The van der Waals surface area contributed by atoms with Gasteiger partial charge in [0.2, 0.25) is 5.91 Å². The predicted octanol–water partition coefficient (Wildman–Crippen LogP) is 0.939. The minimum Gasteiger partial charge on any atom is -0.545 e. The Hall–Kier alpha value is -2.51. The van der Waals surface area contributed by atoms with E-state index < -0.39 is 23.4 Å². The molecule has 130 valence electrons. The topological polar surface area (TPSA) is 109 Å². The molecule has 0 spiro atoms. The Bertz CT molecular complexity index is 824. The minimum absolute atomic E-state index is 0.0339. The summed E-state index contributed by atoms with van der Waals surface area (Å²) in [5.41, 5.74) is 0.112. The second kappa shape index (κ2) is 8.55. The molecule has 2 rings (SSSR count). The lowest BCUT2D eigenvalue weighted by Crippen LogP contribution is -2.27. The molecule has 0 aliphatic carbocycles. The number of benzene rings is 2. The van der Waals surface area contributed by atoms with Crippen molar-refractivity contribution in [3.8, 4) is 0 Å². The minimum atomic E-state index is -1.60. The van der Waals surface area contributed by atoms with Crippen LogP contribution in [0.2, 0.25) is 5.02 Å². The van der Waals surface area contributed by atoms with Crippen molar-refractivity contribution in [3.05, 3.63) is 64.2 Å². The summed E-state index contributed by atoms with van der Waals surface area (Å²) in [6, 6.07) is 10.5. The van der Waals surface area contributed by atoms with E-state index in [1.807, 2.05) is 12.1 Å². The predicted molar refractivity (Wildman–Crippen MR) is 91.3 cm³/mol. The van der Waals surface area contributed by atoms with Crippen LogP contribution in [0.25, 0.3) is 0 Å². The van der Waals surface area contributed by atoms with Gasteiger partial charge in [0, 0.05) is 22.0 Å². The maximum Gasteiger partial charge on any atom is 0.234 e. The molecule has 1 amide bonds. The third kappa shape index (κ3) is 5.23. The third-order valence-electron chi connectivity index (χ3n) is 3.20. The molecule has 0 atom stereocenters. The summed E-state index contributed by atoms with van der Waals surface area (Å²) in [5.74, 6) is -2.96. The number of aromatic carboxylic acids is 2. The Morgan fingerprint density at radius 2 is 1.76 bits per heavy atom. The molecule has 25 heavy (non-hydrogen) atoms. The lowest BCUT2D eigenvalue weighted by molar-refractivity contribution is -0.255. The zero-order valence-electron chi connectivity index (χ0n) is 12.8. The lowest BCUT2D eigenvalue weighted by Gasteiger charge is -2.14. The molecule has 2 aromatic carbocycles. The molecular weight excluding hydrogens is 366 g/mol. The average molecular weight is 378 g/mol. The molecule has 0 aliphatic heterocycles. The van der Waals surface area contributed by atoms with Gasteiger partial charge in [-0.1, -0.05) is 35.9 Å². The number of carbonyl (C=O) groups is 3. The van der Waals surface area contributed by atoms with Crippen molar-refractivity contribution in [1.82, 2.24) is 0 Å². The first kappa shape index (κ1) is 18.8. The highest BCUT2D eigenvalue weighted by Crippen LogP contribution is 2.21. The standard InChI is InChI=1S/C17H14ClNO5S/c18-13-4-2-1-3-11(13)8-25-9-15(20)19-14-6-5-10(16(21)22)7-12(14)17(23)24/h1-7H,8-9H2,(H,19,20)(H,21,22)(H,23,24)/p-2. The van der Waals surface area contributed by atoms with E-state index in [9.17, 15) is 24.6 Å². The number of carboxylic acid groups (broad SMARTS) is 2. The van der Waals surface area contributed by atoms with Crippen molar-refractivity contribution in [1.29, 1.82) is 0 Å². The van der Waals surface area contributed by atoms with Crippen LogP contribution in [0.5, 0.6) is 0 Å². The first-order valence-electron chi connectivity index (χ1n) is 7.06. The van der Waals surface area contributed by atoms with Crippen LogP contribution in [0.15, 0.2) is 42.5 Å². The van der Waals surface area contributed by atoms with Crippen molar-refractivity contribution < 1.29 is 24.6 Å². The van der Waals surface area contributed by atoms with Gasteiger partial charge in [0.05, 0.1) is 17.7 Å². The van der Waals surface area contributed by atoms with E-state index in [-0.39, 0.29) is 17.0 Å². The number of halogens is 1. The number of thioether (sulfide) groups is 1. The average Bonchev–Trinajstić information content (AvgIpc) is 2.56. The number of carbonyl (C=O) groups excluding carboxylic acids is 3. The van der Waals surface area contributed by atoms with Gasteiger partial charge in [-0.15, -0.1) is 11.8 Å². The Morgan fingerprint density at radius 1 is 1.04 bits per heavy atom. The maximum absolute atomic E-state index is 12.0. The molecule has 0 radical (unpaired) electrons. The van der Waals surface area contributed by atoms with E-state index in [4.69, 9.17) is 11.6 Å². The second-order valence-electron chi connectivity index (χ2n) is 4.97. The molecule has 2 aromatic rings. The van der Waals surface area contributed by atoms with Gasteiger partial charge in [-0.2, -0.15) is 0 Å². The first-order valence-corrected chi connectivity index (χ1v) is 8.59. The van der Waals surface area contributed by atoms with Crippen molar-refractivity contribution in [3.63, 3.8) is 0 Å². The maximum atomic E-state index is 12.0. The molecule has 0 fully saturated rings. The fourth-order valence-corrected chi connectivity index (χ4v) is 3.12. The summed E-state index contributed by atoms with van der Waals surface area (Å²) in [5, 5.41) is 24.9. The highest BCUT2D eigenvalue weighted by atomic mass is 35.5. The SMILES string of the molecule is O=C(CSCc1ccccc1Cl)Nc1ccc(C(=O)[O-])cc1C(=O)[O-]. The van der Waals surface area contributed by atoms with Gasteiger partial charge in [-0.3, -0.25) is 4.79 Å². The van der Waals surface area contributed by atoms with Crippen LogP contribution >= 0.6 is 23.4 Å². The fraction of sp³-hybridized carbons (Fsp3) is 0.118. The van der Waals surface area contributed by atoms with Gasteiger partial charge in [0.25, 0.3) is 0 Å². The number of rotatable bonds is 7. The normalized spacial score (nSPS) is 10.3. The summed E-state index contributed by atoms with van der Waals surface area (Å²) in [6.45, 7) is 0. The van der Waals surface area contributed by atoms with Crippen LogP contribution in [0.3, 0.4) is 0 Å². The molecule has 8 heteroatoms. The summed E-state index contributed by atoms with van der Waals surface area (Å²) < 4.78 is 0. The second-order valence-corrected chi connectivity index (χ2v) is 6.36. The molecule has 0 bridgehead atoms. The quantitative estimate of drug-likeness (QED) is 0.769. The molecule has 0 aliphatic rings. The Balaban J connectivity index is 1.99. The number of nitrogens with one attached hydrogen (secondary N) is 1. The van der Waals surface area contributed by atoms with Crippen molar-refractivity contribution in [2.24, 2.45) is 0 Å². The Kier molecular flexibility index (Phi) is 6.44. The van der Waals surface area contributed by atoms with E-state index in [1.54, 1.807) is 12.1 Å². The summed E-state index contributed by atoms with van der Waals surface area (Å²) in [7, 11) is 0. The molecular formula is C17H12ClNO5S-2. The van der Waals surface area contributed by atoms with Gasteiger partial charge in [0.1, 0.15) is 0 Å². The third-order valence-corrected chi connectivity index (χ3v) is 4.55. The van der Waals surface area contributed by atoms with Crippen LogP contribution in [0.4, 0.5) is 5.69 Å². The molecule has 0 saturated carbocycles. The summed E-state index contributed by atoms with van der Waals surface area (Å²) in [6.07, 6.45) is 0. The van der Waals surface area contributed by atoms with Crippen molar-refractivity contribution in [2.75, 3.05) is 11.1 Å². The summed E-state index contributed by atoms with van der Waals surface area (Å²) in [4.78, 5) is 33.9. The molecule has 0 saturated heterocycles. The van der Waals surface area contributed by atoms with Crippen molar-refractivity contribution >= 4 is 46.9 Å². The number of carboxylic acids is 2. The van der Waals surface area contributed by atoms with Crippen molar-refractivity contribution in [2.45, 2.75) is 5.75 Å². The molecule has 1 N–H and O–H groups in total. The van der Waals surface area contributed by atoms with Crippen LogP contribution in [0, 0.1) is 0 Å². The fourth-order valence-electron chi connectivity index (χ4n) is 2.00. The number of hydrogen-bond acceptors (Lipinski definition) is 6. The van der Waals surface area contributed by atoms with Gasteiger partial charge in [-0.05, 0) is 29.3 Å². The van der Waals surface area contributed by atoms with Gasteiger partial charge >= 0.3 is 0 Å². The van der Waals surface area contributed by atoms with Gasteiger partial charge in [0.15, 0.2) is 0 Å². The van der Waals surface area contributed by atoms with E-state index in [1.165, 1.54) is 17.8 Å². The first-order chi connectivity index (χ1) is 11.9. The smallest absolute Gasteiger partial charge is 0.234 e. The monoisotopic (exact) mass is 377 g/mol. The van der Waals surface area contributed by atoms with Gasteiger partial charge < -0.3 is 25.1 Å². The Morgan fingerprint density at radius 3 is 2.40 bits per heavy atom. The number of hydrogen-bond donors (Lipinski definition) is 1.